The lowest BCUT2D eigenvalue weighted by molar-refractivity contribution is -0.0127. The average Bonchev–Trinajstić information content (AvgIpc) is 2.53. The van der Waals surface area contributed by atoms with Crippen LogP contribution in [0, 0.1) is 9.87 Å². The molecule has 5 heteroatoms. The number of aromatic amines is 1. The van der Waals surface area contributed by atoms with Gasteiger partial charge in [0.15, 0.2) is 3.95 Å². The second-order valence-corrected chi connectivity index (χ2v) is 5.15. The van der Waals surface area contributed by atoms with Crippen molar-refractivity contribution >= 4 is 23.6 Å². The molecule has 1 N–H and O–H groups in total. The summed E-state index contributed by atoms with van der Waals surface area (Å²) in [6, 6.07) is 0. The van der Waals surface area contributed by atoms with Crippen LogP contribution in [-0.2, 0) is 4.74 Å². The third kappa shape index (κ3) is 2.15. The van der Waals surface area contributed by atoms with E-state index in [-0.39, 0.29) is 6.10 Å². The van der Waals surface area contributed by atoms with Crippen LogP contribution in [0.3, 0.4) is 0 Å². The van der Waals surface area contributed by atoms with Crippen LogP contribution >= 0.6 is 23.6 Å². The first-order chi connectivity index (χ1) is 6.25. The lowest BCUT2D eigenvalue weighted by Gasteiger charge is -2.24. The first-order valence-electron chi connectivity index (χ1n) is 4.42. The number of ether oxygens (including phenoxy) is 1. The minimum atomic E-state index is 0.175. The van der Waals surface area contributed by atoms with Crippen LogP contribution in [0.4, 0.5) is 0 Å². The predicted octanol–water partition coefficient (Wildman–Crippen LogP) is 2.69. The van der Waals surface area contributed by atoms with Gasteiger partial charge in [0.1, 0.15) is 11.1 Å². The molecule has 2 rings (SSSR count). The third-order valence-electron chi connectivity index (χ3n) is 2.23. The summed E-state index contributed by atoms with van der Waals surface area (Å²) < 4.78 is 6.40. The minimum absolute atomic E-state index is 0.175. The molecule has 0 radical (unpaired) electrons. The lowest BCUT2D eigenvalue weighted by atomic mass is 10.0. The van der Waals surface area contributed by atoms with Crippen LogP contribution in [0.1, 0.15) is 30.9 Å². The Morgan fingerprint density at radius 3 is 3.00 bits per heavy atom. The van der Waals surface area contributed by atoms with E-state index in [0.29, 0.717) is 5.92 Å². The van der Waals surface area contributed by atoms with E-state index in [9.17, 15) is 0 Å². The molecule has 2 heterocycles. The molecule has 0 aromatic carbocycles. The summed E-state index contributed by atoms with van der Waals surface area (Å²) in [4.78, 5) is 0. The standard InChI is InChI=1S/C8H12N2OS2/c1-5-2-3-6(11-4-5)7-9-10-8(12)13-7/h5-6H,2-4H2,1H3,(H,10,12)/t5-,6+/m1/s1. The van der Waals surface area contributed by atoms with Crippen molar-refractivity contribution in [3.8, 4) is 0 Å². The molecular weight excluding hydrogens is 204 g/mol. The first kappa shape index (κ1) is 9.30. The summed E-state index contributed by atoms with van der Waals surface area (Å²) in [5.41, 5.74) is 0. The largest absolute Gasteiger partial charge is 0.371 e. The van der Waals surface area contributed by atoms with Gasteiger partial charge >= 0.3 is 0 Å². The molecule has 1 aliphatic rings. The molecule has 0 aliphatic carbocycles. The fraction of sp³-hybridized carbons (Fsp3) is 0.750. The number of H-pyrrole nitrogens is 1. The molecule has 0 amide bonds. The van der Waals surface area contributed by atoms with Gasteiger partial charge in [-0.05, 0) is 31.0 Å². The van der Waals surface area contributed by atoms with Gasteiger partial charge in [0.25, 0.3) is 0 Å². The number of nitrogens with zero attached hydrogens (tertiary/aromatic N) is 1. The van der Waals surface area contributed by atoms with Crippen molar-refractivity contribution in [2.75, 3.05) is 6.61 Å². The van der Waals surface area contributed by atoms with Gasteiger partial charge < -0.3 is 4.74 Å². The highest BCUT2D eigenvalue weighted by Crippen LogP contribution is 2.30. The van der Waals surface area contributed by atoms with Gasteiger partial charge in [-0.1, -0.05) is 18.3 Å². The molecule has 1 aliphatic heterocycles. The first-order valence-corrected chi connectivity index (χ1v) is 5.65. The quantitative estimate of drug-likeness (QED) is 0.733. The molecule has 2 atom stereocenters. The van der Waals surface area contributed by atoms with E-state index in [4.69, 9.17) is 17.0 Å². The maximum absolute atomic E-state index is 5.67. The molecular formula is C8H12N2OS2. The van der Waals surface area contributed by atoms with Crippen molar-refractivity contribution < 1.29 is 4.74 Å². The normalized spacial score (nSPS) is 29.0. The van der Waals surface area contributed by atoms with E-state index in [1.807, 2.05) is 0 Å². The molecule has 0 bridgehead atoms. The van der Waals surface area contributed by atoms with Gasteiger partial charge in [0.2, 0.25) is 0 Å². The zero-order valence-electron chi connectivity index (χ0n) is 7.45. The molecule has 72 valence electrons. The molecule has 1 saturated heterocycles. The second kappa shape index (κ2) is 3.86. The summed E-state index contributed by atoms with van der Waals surface area (Å²) in [7, 11) is 0. The Hall–Kier alpha value is -0.260. The SMILES string of the molecule is C[C@@H]1CC[C@@H](c2n[nH]c(=S)s2)OC1. The predicted molar refractivity (Wildman–Crippen MR) is 54.4 cm³/mol. The summed E-state index contributed by atoms with van der Waals surface area (Å²) in [5, 5.41) is 7.91. The van der Waals surface area contributed by atoms with Gasteiger partial charge in [-0.25, -0.2) is 0 Å². The Kier molecular flexibility index (Phi) is 2.76. The maximum atomic E-state index is 5.67. The summed E-state index contributed by atoms with van der Waals surface area (Å²) in [6.45, 7) is 3.06. The summed E-state index contributed by atoms with van der Waals surface area (Å²) in [5.74, 6) is 0.683. The highest BCUT2D eigenvalue weighted by molar-refractivity contribution is 7.73. The Morgan fingerprint density at radius 2 is 2.46 bits per heavy atom. The zero-order valence-corrected chi connectivity index (χ0v) is 9.08. The van der Waals surface area contributed by atoms with Crippen LogP contribution in [-0.4, -0.2) is 16.8 Å². The fourth-order valence-electron chi connectivity index (χ4n) is 1.46. The van der Waals surface area contributed by atoms with Crippen molar-refractivity contribution in [2.24, 2.45) is 5.92 Å². The van der Waals surface area contributed by atoms with Crippen LogP contribution in [0.5, 0.6) is 0 Å². The molecule has 0 unspecified atom stereocenters. The van der Waals surface area contributed by atoms with E-state index >= 15 is 0 Å². The Bertz CT molecular complexity index is 325. The highest BCUT2D eigenvalue weighted by atomic mass is 32.1. The molecule has 1 aromatic rings. The van der Waals surface area contributed by atoms with E-state index < -0.39 is 0 Å². The second-order valence-electron chi connectivity index (χ2n) is 3.46. The minimum Gasteiger partial charge on any atom is -0.371 e. The number of hydrogen-bond acceptors (Lipinski definition) is 4. The molecule has 3 nitrogen and oxygen atoms in total. The number of nitrogens with one attached hydrogen (secondary N) is 1. The number of hydrogen-bond donors (Lipinski definition) is 1. The van der Waals surface area contributed by atoms with Gasteiger partial charge in [-0.3, -0.25) is 5.10 Å². The van der Waals surface area contributed by atoms with Crippen molar-refractivity contribution in [3.63, 3.8) is 0 Å². The van der Waals surface area contributed by atoms with Crippen LogP contribution in [0.25, 0.3) is 0 Å². The van der Waals surface area contributed by atoms with Crippen molar-refractivity contribution in [2.45, 2.75) is 25.9 Å². The van der Waals surface area contributed by atoms with Crippen molar-refractivity contribution in [1.82, 2.24) is 10.2 Å². The van der Waals surface area contributed by atoms with Gasteiger partial charge in [-0.15, -0.1) is 0 Å². The Morgan fingerprint density at radius 1 is 1.62 bits per heavy atom. The molecule has 13 heavy (non-hydrogen) atoms. The summed E-state index contributed by atoms with van der Waals surface area (Å²) >= 11 is 6.49. The smallest absolute Gasteiger partial charge is 0.176 e. The fourth-order valence-corrected chi connectivity index (χ4v) is 2.45. The van der Waals surface area contributed by atoms with E-state index in [1.165, 1.54) is 17.8 Å². The van der Waals surface area contributed by atoms with Crippen molar-refractivity contribution in [1.29, 1.82) is 0 Å². The Labute approximate surface area is 86.1 Å². The maximum Gasteiger partial charge on any atom is 0.176 e. The van der Waals surface area contributed by atoms with Crippen molar-refractivity contribution in [3.05, 3.63) is 8.96 Å². The van der Waals surface area contributed by atoms with E-state index in [1.54, 1.807) is 0 Å². The monoisotopic (exact) mass is 216 g/mol. The van der Waals surface area contributed by atoms with Gasteiger partial charge in [-0.2, -0.15) is 5.10 Å². The van der Waals surface area contributed by atoms with Gasteiger partial charge in [0, 0.05) is 0 Å². The Balaban J connectivity index is 2.06. The lowest BCUT2D eigenvalue weighted by Crippen LogP contribution is -2.18. The third-order valence-corrected chi connectivity index (χ3v) is 3.41. The van der Waals surface area contributed by atoms with Crippen LogP contribution in [0.15, 0.2) is 0 Å². The zero-order chi connectivity index (χ0) is 9.26. The summed E-state index contributed by atoms with van der Waals surface area (Å²) in [6.07, 6.45) is 2.46. The van der Waals surface area contributed by atoms with Crippen LogP contribution in [0.2, 0.25) is 0 Å². The molecule has 1 fully saturated rings. The molecule has 0 saturated carbocycles. The number of aromatic nitrogens is 2. The van der Waals surface area contributed by atoms with Gasteiger partial charge in [0.05, 0.1) is 6.61 Å². The highest BCUT2D eigenvalue weighted by Gasteiger charge is 2.22. The number of rotatable bonds is 1. The van der Waals surface area contributed by atoms with E-state index in [0.717, 1.165) is 22.0 Å². The molecule has 1 aromatic heterocycles. The molecule has 0 spiro atoms. The average molecular weight is 216 g/mol. The van der Waals surface area contributed by atoms with Crippen LogP contribution < -0.4 is 0 Å². The topological polar surface area (TPSA) is 37.9 Å². The van der Waals surface area contributed by atoms with E-state index in [2.05, 4.69) is 17.1 Å².